The first-order valence-corrected chi connectivity index (χ1v) is 6.26. The summed E-state index contributed by atoms with van der Waals surface area (Å²) in [6.45, 7) is 3.98. The molecule has 3 nitrogen and oxygen atoms in total. The highest BCUT2D eigenvalue weighted by Crippen LogP contribution is 2.24. The molecular formula is C10H13NO2S. The molecule has 1 atom stereocenters. The smallest absolute Gasteiger partial charge is 0.173 e. The van der Waals surface area contributed by atoms with Gasteiger partial charge in [-0.15, -0.1) is 0 Å². The molecule has 1 aromatic rings. The summed E-state index contributed by atoms with van der Waals surface area (Å²) in [5, 5.41) is 1.32. The summed E-state index contributed by atoms with van der Waals surface area (Å²) < 4.78 is 24.6. The van der Waals surface area contributed by atoms with E-state index in [1.807, 2.05) is 26.0 Å². The van der Waals surface area contributed by atoms with Crippen LogP contribution in [-0.2, 0) is 9.84 Å². The first kappa shape index (κ1) is 9.52. The Balaban J connectivity index is 2.40. The number of allylic oxidation sites excluding steroid dienone is 1. The van der Waals surface area contributed by atoms with Crippen LogP contribution in [0, 0.1) is 13.8 Å². The van der Waals surface area contributed by atoms with Gasteiger partial charge in [0.25, 0.3) is 0 Å². The summed E-state index contributed by atoms with van der Waals surface area (Å²) in [5.41, 5.74) is 2.21. The fourth-order valence-corrected chi connectivity index (χ4v) is 3.19. The molecule has 4 heteroatoms. The minimum Gasteiger partial charge on any atom is -0.341 e. The van der Waals surface area contributed by atoms with Crippen molar-refractivity contribution < 1.29 is 8.42 Å². The normalized spacial score (nSPS) is 24.3. The van der Waals surface area contributed by atoms with Crippen LogP contribution in [0.15, 0.2) is 23.6 Å². The first-order chi connectivity index (χ1) is 6.49. The third-order valence-corrected chi connectivity index (χ3v) is 3.95. The molecular weight excluding hydrogens is 198 g/mol. The summed E-state index contributed by atoms with van der Waals surface area (Å²) in [6.07, 6.45) is 1.76. The SMILES string of the molecule is Cc1ccc(C)n1C1C=CS(=O)(=O)C1. The van der Waals surface area contributed by atoms with Crippen LogP contribution in [0.25, 0.3) is 0 Å². The highest BCUT2D eigenvalue weighted by atomic mass is 32.2. The lowest BCUT2D eigenvalue weighted by molar-refractivity contribution is 0.587. The van der Waals surface area contributed by atoms with Crippen molar-refractivity contribution in [1.82, 2.24) is 4.57 Å². The van der Waals surface area contributed by atoms with Gasteiger partial charge < -0.3 is 4.57 Å². The van der Waals surface area contributed by atoms with Crippen LogP contribution in [0.5, 0.6) is 0 Å². The summed E-state index contributed by atoms with van der Waals surface area (Å²) in [7, 11) is -2.96. The van der Waals surface area contributed by atoms with Crippen molar-refractivity contribution in [3.05, 3.63) is 35.0 Å². The molecule has 0 fully saturated rings. The number of nitrogens with zero attached hydrogens (tertiary/aromatic N) is 1. The molecule has 1 aliphatic rings. The lowest BCUT2D eigenvalue weighted by Crippen LogP contribution is -2.13. The Bertz CT molecular complexity index is 463. The zero-order valence-electron chi connectivity index (χ0n) is 8.27. The molecule has 0 radical (unpaired) electrons. The van der Waals surface area contributed by atoms with Gasteiger partial charge in [0.15, 0.2) is 9.84 Å². The van der Waals surface area contributed by atoms with Crippen molar-refractivity contribution in [2.24, 2.45) is 0 Å². The van der Waals surface area contributed by atoms with Crippen LogP contribution < -0.4 is 0 Å². The number of hydrogen-bond donors (Lipinski definition) is 0. The molecule has 0 spiro atoms. The quantitative estimate of drug-likeness (QED) is 0.707. The summed E-state index contributed by atoms with van der Waals surface area (Å²) in [6, 6.07) is 4.00. The van der Waals surface area contributed by atoms with Crippen molar-refractivity contribution in [3.63, 3.8) is 0 Å². The van der Waals surface area contributed by atoms with E-state index >= 15 is 0 Å². The fourth-order valence-electron chi connectivity index (χ4n) is 1.92. The van der Waals surface area contributed by atoms with Gasteiger partial charge in [-0.3, -0.25) is 0 Å². The molecule has 0 saturated heterocycles. The molecule has 2 heterocycles. The van der Waals surface area contributed by atoms with Crippen LogP contribution in [0.1, 0.15) is 17.4 Å². The maximum Gasteiger partial charge on any atom is 0.173 e. The van der Waals surface area contributed by atoms with Gasteiger partial charge in [-0.05, 0) is 32.1 Å². The molecule has 1 unspecified atom stereocenters. The molecule has 1 aliphatic heterocycles. The average Bonchev–Trinajstić information content (AvgIpc) is 2.56. The maximum absolute atomic E-state index is 11.3. The largest absolute Gasteiger partial charge is 0.341 e. The van der Waals surface area contributed by atoms with Gasteiger partial charge in [0.1, 0.15) is 0 Å². The Morgan fingerprint density at radius 1 is 1.29 bits per heavy atom. The Kier molecular flexibility index (Phi) is 2.03. The number of aryl methyl sites for hydroxylation is 2. The van der Waals surface area contributed by atoms with Gasteiger partial charge in [-0.2, -0.15) is 0 Å². The number of aromatic nitrogens is 1. The number of hydrogen-bond acceptors (Lipinski definition) is 2. The summed E-state index contributed by atoms with van der Waals surface area (Å²) >= 11 is 0. The topological polar surface area (TPSA) is 39.1 Å². The summed E-state index contributed by atoms with van der Waals surface area (Å²) in [5.74, 6) is 0.198. The second kappa shape index (κ2) is 2.98. The zero-order valence-corrected chi connectivity index (χ0v) is 9.08. The zero-order chi connectivity index (χ0) is 10.3. The fraction of sp³-hybridized carbons (Fsp3) is 0.400. The Hall–Kier alpha value is -1.03. The van der Waals surface area contributed by atoms with E-state index in [0.717, 1.165) is 11.4 Å². The third-order valence-electron chi connectivity index (χ3n) is 2.57. The third kappa shape index (κ3) is 1.50. The second-order valence-electron chi connectivity index (χ2n) is 3.71. The number of rotatable bonds is 1. The van der Waals surface area contributed by atoms with Crippen LogP contribution in [0.4, 0.5) is 0 Å². The molecule has 0 N–H and O–H groups in total. The standard InChI is InChI=1S/C10H13NO2S/c1-8-3-4-9(2)11(8)10-5-6-14(12,13)7-10/h3-6,10H,7H2,1-2H3. The van der Waals surface area contributed by atoms with Crippen LogP contribution in [0.3, 0.4) is 0 Å². The predicted octanol–water partition coefficient (Wildman–Crippen LogP) is 1.59. The molecule has 76 valence electrons. The predicted molar refractivity (Wildman–Crippen MR) is 55.9 cm³/mol. The molecule has 0 aromatic carbocycles. The lowest BCUT2D eigenvalue weighted by Gasteiger charge is -2.14. The number of sulfone groups is 1. The van der Waals surface area contributed by atoms with Crippen LogP contribution in [-0.4, -0.2) is 18.7 Å². The van der Waals surface area contributed by atoms with E-state index in [1.54, 1.807) is 6.08 Å². The maximum atomic E-state index is 11.3. The van der Waals surface area contributed by atoms with Gasteiger partial charge in [-0.1, -0.05) is 0 Å². The Labute approximate surface area is 84.0 Å². The van der Waals surface area contributed by atoms with Gasteiger partial charge in [0.05, 0.1) is 11.8 Å². The van der Waals surface area contributed by atoms with Crippen molar-refractivity contribution in [2.75, 3.05) is 5.75 Å². The molecule has 0 aliphatic carbocycles. The molecule has 0 amide bonds. The van der Waals surface area contributed by atoms with Crippen molar-refractivity contribution in [3.8, 4) is 0 Å². The van der Waals surface area contributed by atoms with Crippen molar-refractivity contribution in [2.45, 2.75) is 19.9 Å². The minimum absolute atomic E-state index is 0.0185. The minimum atomic E-state index is -2.96. The molecule has 14 heavy (non-hydrogen) atoms. The van der Waals surface area contributed by atoms with Crippen LogP contribution >= 0.6 is 0 Å². The molecule has 0 bridgehead atoms. The average molecular weight is 211 g/mol. The monoisotopic (exact) mass is 211 g/mol. The Morgan fingerprint density at radius 3 is 2.29 bits per heavy atom. The molecule has 1 aromatic heterocycles. The van der Waals surface area contributed by atoms with Gasteiger partial charge >= 0.3 is 0 Å². The highest BCUT2D eigenvalue weighted by molar-refractivity contribution is 7.94. The van der Waals surface area contributed by atoms with Gasteiger partial charge in [-0.25, -0.2) is 8.42 Å². The summed E-state index contributed by atoms with van der Waals surface area (Å²) in [4.78, 5) is 0. The Morgan fingerprint density at radius 2 is 1.86 bits per heavy atom. The van der Waals surface area contributed by atoms with E-state index in [2.05, 4.69) is 4.57 Å². The van der Waals surface area contributed by atoms with E-state index in [0.29, 0.717) is 0 Å². The molecule has 2 rings (SSSR count). The van der Waals surface area contributed by atoms with E-state index in [4.69, 9.17) is 0 Å². The lowest BCUT2D eigenvalue weighted by atomic mass is 10.3. The van der Waals surface area contributed by atoms with E-state index in [1.165, 1.54) is 5.41 Å². The first-order valence-electron chi connectivity index (χ1n) is 4.55. The highest BCUT2D eigenvalue weighted by Gasteiger charge is 2.24. The van der Waals surface area contributed by atoms with E-state index < -0.39 is 9.84 Å². The molecule has 0 saturated carbocycles. The van der Waals surface area contributed by atoms with Gasteiger partial charge in [0.2, 0.25) is 0 Å². The second-order valence-corrected chi connectivity index (χ2v) is 5.64. The van der Waals surface area contributed by atoms with Crippen molar-refractivity contribution in [1.29, 1.82) is 0 Å². The van der Waals surface area contributed by atoms with E-state index in [9.17, 15) is 8.42 Å². The van der Waals surface area contributed by atoms with E-state index in [-0.39, 0.29) is 11.8 Å². The van der Waals surface area contributed by atoms with Crippen LogP contribution in [0.2, 0.25) is 0 Å². The van der Waals surface area contributed by atoms with Crippen molar-refractivity contribution >= 4 is 9.84 Å². The van der Waals surface area contributed by atoms with Gasteiger partial charge in [0, 0.05) is 16.8 Å².